The van der Waals surface area contributed by atoms with Gasteiger partial charge in [-0.15, -0.1) is 0 Å². The molecule has 0 aliphatic rings. The molecule has 0 aliphatic carbocycles. The summed E-state index contributed by atoms with van der Waals surface area (Å²) >= 11 is 0. The highest BCUT2D eigenvalue weighted by molar-refractivity contribution is 5.34. The fraction of sp³-hybridized carbons (Fsp3) is 0.647. The molecule has 0 spiro atoms. The largest absolute Gasteiger partial charge is 0.330 e. The molecule has 2 nitrogen and oxygen atoms in total. The number of benzene rings is 1. The lowest BCUT2D eigenvalue weighted by Gasteiger charge is -2.22. The Balaban J connectivity index is 2.65. The molecule has 0 radical (unpaired) electrons. The van der Waals surface area contributed by atoms with Gasteiger partial charge in [-0.05, 0) is 62.0 Å². The molecular weight excluding hydrogens is 232 g/mol. The number of nitrogens with zero attached hydrogens (tertiary/aromatic N) is 1. The fourth-order valence-electron chi connectivity index (χ4n) is 2.24. The first-order chi connectivity index (χ1) is 8.84. The molecule has 0 amide bonds. The lowest BCUT2D eigenvalue weighted by molar-refractivity contribution is 0.319. The highest BCUT2D eigenvalue weighted by atomic mass is 15.1. The van der Waals surface area contributed by atoms with Crippen LogP contribution in [-0.2, 0) is 12.0 Å². The Bertz CT molecular complexity index is 391. The third kappa shape index (κ3) is 5.33. The van der Waals surface area contributed by atoms with Crippen LogP contribution in [0.1, 0.15) is 50.3 Å². The van der Waals surface area contributed by atoms with Crippen molar-refractivity contribution >= 4 is 0 Å². The maximum absolute atomic E-state index is 5.53. The van der Waals surface area contributed by atoms with Crippen molar-refractivity contribution in [3.05, 3.63) is 34.9 Å². The van der Waals surface area contributed by atoms with Crippen molar-refractivity contribution in [2.45, 2.75) is 52.5 Å². The van der Waals surface area contributed by atoms with Gasteiger partial charge in [0.15, 0.2) is 0 Å². The van der Waals surface area contributed by atoms with Crippen LogP contribution in [0.5, 0.6) is 0 Å². The predicted octanol–water partition coefficient (Wildman–Crippen LogP) is 3.46. The molecule has 0 atom stereocenters. The maximum Gasteiger partial charge on any atom is 0.0233 e. The Morgan fingerprint density at radius 3 is 2.37 bits per heavy atom. The molecule has 2 heteroatoms. The van der Waals surface area contributed by atoms with Gasteiger partial charge in [-0.1, -0.05) is 39.0 Å². The van der Waals surface area contributed by atoms with E-state index in [4.69, 9.17) is 5.73 Å². The lowest BCUT2D eigenvalue weighted by atomic mass is 9.85. The van der Waals surface area contributed by atoms with Gasteiger partial charge in [0.2, 0.25) is 0 Å². The van der Waals surface area contributed by atoms with E-state index < -0.39 is 0 Å². The summed E-state index contributed by atoms with van der Waals surface area (Å²) in [5.74, 6) is 0. The van der Waals surface area contributed by atoms with Crippen LogP contribution in [0, 0.1) is 6.92 Å². The molecule has 0 unspecified atom stereocenters. The Kier molecular flexibility index (Phi) is 6.02. The van der Waals surface area contributed by atoms with E-state index in [1.165, 1.54) is 23.1 Å². The first kappa shape index (κ1) is 16.2. The topological polar surface area (TPSA) is 29.3 Å². The quantitative estimate of drug-likeness (QED) is 0.796. The SMILES string of the molecule is Cc1cc(C(C)(C)C)ccc1CN(C)CCCCN. The summed E-state index contributed by atoms with van der Waals surface area (Å²) in [5.41, 5.74) is 10.0. The standard InChI is InChI=1S/C17H30N2/c1-14-12-16(17(2,3)4)9-8-15(14)13-19(5)11-7-6-10-18/h8-9,12H,6-7,10-11,13,18H2,1-5H3. The molecule has 0 bridgehead atoms. The van der Waals surface area contributed by atoms with Crippen molar-refractivity contribution in [1.82, 2.24) is 4.90 Å². The van der Waals surface area contributed by atoms with Crippen molar-refractivity contribution in [3.63, 3.8) is 0 Å². The minimum Gasteiger partial charge on any atom is -0.330 e. The van der Waals surface area contributed by atoms with Crippen LogP contribution in [0.4, 0.5) is 0 Å². The van der Waals surface area contributed by atoms with Crippen molar-refractivity contribution in [2.75, 3.05) is 20.1 Å². The second-order valence-corrected chi connectivity index (χ2v) is 6.62. The molecule has 19 heavy (non-hydrogen) atoms. The van der Waals surface area contributed by atoms with Gasteiger partial charge in [-0.3, -0.25) is 0 Å². The summed E-state index contributed by atoms with van der Waals surface area (Å²) < 4.78 is 0. The lowest BCUT2D eigenvalue weighted by Crippen LogP contribution is -2.20. The smallest absolute Gasteiger partial charge is 0.0233 e. The molecule has 0 fully saturated rings. The zero-order valence-electron chi connectivity index (χ0n) is 13.3. The molecule has 108 valence electrons. The zero-order chi connectivity index (χ0) is 14.5. The Labute approximate surface area is 119 Å². The maximum atomic E-state index is 5.53. The molecule has 1 rings (SSSR count). The predicted molar refractivity (Wildman–Crippen MR) is 84.5 cm³/mol. The molecular formula is C17H30N2. The second kappa shape index (κ2) is 7.06. The number of nitrogens with two attached hydrogens (primary N) is 1. The van der Waals surface area contributed by atoms with E-state index in [0.717, 1.165) is 26.1 Å². The van der Waals surface area contributed by atoms with Crippen LogP contribution < -0.4 is 5.73 Å². The van der Waals surface area contributed by atoms with Gasteiger partial charge in [-0.25, -0.2) is 0 Å². The third-order valence-corrected chi connectivity index (χ3v) is 3.64. The number of hydrogen-bond acceptors (Lipinski definition) is 2. The van der Waals surface area contributed by atoms with Crippen LogP contribution in [0.15, 0.2) is 18.2 Å². The highest BCUT2D eigenvalue weighted by Gasteiger charge is 2.14. The van der Waals surface area contributed by atoms with Crippen molar-refractivity contribution in [1.29, 1.82) is 0 Å². The van der Waals surface area contributed by atoms with E-state index in [1.807, 2.05) is 0 Å². The van der Waals surface area contributed by atoms with Crippen LogP contribution in [-0.4, -0.2) is 25.0 Å². The monoisotopic (exact) mass is 262 g/mol. The van der Waals surface area contributed by atoms with Crippen LogP contribution in [0.3, 0.4) is 0 Å². The van der Waals surface area contributed by atoms with Crippen molar-refractivity contribution in [3.8, 4) is 0 Å². The Morgan fingerprint density at radius 1 is 1.16 bits per heavy atom. The normalized spacial score (nSPS) is 12.2. The van der Waals surface area contributed by atoms with Crippen LogP contribution in [0.25, 0.3) is 0 Å². The molecule has 0 aromatic heterocycles. The molecule has 0 saturated heterocycles. The minimum atomic E-state index is 0.232. The van der Waals surface area contributed by atoms with E-state index >= 15 is 0 Å². The molecule has 1 aromatic carbocycles. The summed E-state index contributed by atoms with van der Waals surface area (Å²) in [7, 11) is 2.19. The summed E-state index contributed by atoms with van der Waals surface area (Å²) in [6.07, 6.45) is 2.30. The summed E-state index contributed by atoms with van der Waals surface area (Å²) in [4.78, 5) is 2.38. The molecule has 0 heterocycles. The number of unbranched alkanes of at least 4 members (excludes halogenated alkanes) is 1. The van der Waals surface area contributed by atoms with Gasteiger partial charge in [0, 0.05) is 6.54 Å². The van der Waals surface area contributed by atoms with Crippen LogP contribution in [0.2, 0.25) is 0 Å². The molecule has 0 saturated carbocycles. The van der Waals surface area contributed by atoms with E-state index in [0.29, 0.717) is 0 Å². The van der Waals surface area contributed by atoms with Gasteiger partial charge in [0.05, 0.1) is 0 Å². The molecule has 2 N–H and O–H groups in total. The van der Waals surface area contributed by atoms with Gasteiger partial charge < -0.3 is 10.6 Å². The van der Waals surface area contributed by atoms with E-state index in [1.54, 1.807) is 0 Å². The average molecular weight is 262 g/mol. The van der Waals surface area contributed by atoms with E-state index in [2.05, 4.69) is 57.8 Å². The number of rotatable bonds is 6. The zero-order valence-corrected chi connectivity index (χ0v) is 13.3. The van der Waals surface area contributed by atoms with Gasteiger partial charge in [-0.2, -0.15) is 0 Å². The van der Waals surface area contributed by atoms with Gasteiger partial charge in [0.1, 0.15) is 0 Å². The number of hydrogen-bond donors (Lipinski definition) is 1. The summed E-state index contributed by atoms with van der Waals surface area (Å²) in [5, 5.41) is 0. The van der Waals surface area contributed by atoms with Crippen molar-refractivity contribution < 1.29 is 0 Å². The summed E-state index contributed by atoms with van der Waals surface area (Å²) in [6.45, 7) is 12.0. The number of aryl methyl sites for hydroxylation is 1. The average Bonchev–Trinajstić information content (AvgIpc) is 2.31. The minimum absolute atomic E-state index is 0.232. The van der Waals surface area contributed by atoms with Gasteiger partial charge in [0.25, 0.3) is 0 Å². The van der Waals surface area contributed by atoms with Crippen molar-refractivity contribution in [2.24, 2.45) is 5.73 Å². The first-order valence-electron chi connectivity index (χ1n) is 7.33. The second-order valence-electron chi connectivity index (χ2n) is 6.62. The molecule has 0 aliphatic heterocycles. The van der Waals surface area contributed by atoms with E-state index in [9.17, 15) is 0 Å². The first-order valence-corrected chi connectivity index (χ1v) is 7.33. The Morgan fingerprint density at radius 2 is 1.84 bits per heavy atom. The van der Waals surface area contributed by atoms with Gasteiger partial charge >= 0.3 is 0 Å². The van der Waals surface area contributed by atoms with Crippen LogP contribution >= 0.6 is 0 Å². The van der Waals surface area contributed by atoms with E-state index in [-0.39, 0.29) is 5.41 Å². The summed E-state index contributed by atoms with van der Waals surface area (Å²) in [6, 6.07) is 6.90. The highest BCUT2D eigenvalue weighted by Crippen LogP contribution is 2.24. The Hall–Kier alpha value is -0.860. The third-order valence-electron chi connectivity index (χ3n) is 3.64. The fourth-order valence-corrected chi connectivity index (χ4v) is 2.24. The molecule has 1 aromatic rings.